The van der Waals surface area contributed by atoms with Crippen molar-refractivity contribution in [3.63, 3.8) is 0 Å². The maximum Gasteiger partial charge on any atom is 0.250 e. The third kappa shape index (κ3) is 4.09. The summed E-state index contributed by atoms with van der Waals surface area (Å²) in [6.07, 6.45) is 0.496. The van der Waals surface area contributed by atoms with Crippen LogP contribution in [0, 0.1) is 0 Å². The van der Waals surface area contributed by atoms with Gasteiger partial charge in [-0.3, -0.25) is 0 Å². The number of anilines is 1. The highest BCUT2D eigenvalue weighted by atomic mass is 35.6. The first-order chi connectivity index (χ1) is 7.47. The Morgan fingerprint density at radius 3 is 2.38 bits per heavy atom. The van der Waals surface area contributed by atoms with Crippen LogP contribution in [-0.4, -0.2) is 27.4 Å². The molecule has 0 atom stereocenters. The van der Waals surface area contributed by atoms with E-state index in [9.17, 15) is 0 Å². The Balaban J connectivity index is 3.08. The second-order valence-electron chi connectivity index (χ2n) is 2.87. The molecule has 1 aromatic heterocycles. The number of alkyl halides is 4. The molecular weight excluding hydrogens is 294 g/mol. The van der Waals surface area contributed by atoms with Gasteiger partial charge < -0.3 is 5.32 Å². The quantitative estimate of drug-likeness (QED) is 0.869. The summed E-state index contributed by atoms with van der Waals surface area (Å²) < 4.78 is -1.66. The molecular formula is C8H10Cl4N4. The van der Waals surface area contributed by atoms with Gasteiger partial charge in [0.1, 0.15) is 5.82 Å². The third-order valence-electron chi connectivity index (χ3n) is 1.59. The SMILES string of the molecule is CCNc1nc(CCCl)nc(C(Cl)(Cl)Cl)n1. The van der Waals surface area contributed by atoms with E-state index in [4.69, 9.17) is 46.4 Å². The van der Waals surface area contributed by atoms with Gasteiger partial charge in [0.15, 0.2) is 5.82 Å². The molecule has 0 saturated carbocycles. The molecule has 0 aliphatic heterocycles. The normalized spacial score (nSPS) is 11.6. The van der Waals surface area contributed by atoms with Gasteiger partial charge in [-0.05, 0) is 6.92 Å². The van der Waals surface area contributed by atoms with Gasteiger partial charge in [-0.15, -0.1) is 11.6 Å². The molecule has 0 spiro atoms. The van der Waals surface area contributed by atoms with Crippen LogP contribution >= 0.6 is 46.4 Å². The second-order valence-corrected chi connectivity index (χ2v) is 5.53. The van der Waals surface area contributed by atoms with Gasteiger partial charge in [-0.2, -0.15) is 9.97 Å². The predicted molar refractivity (Wildman–Crippen MR) is 67.7 cm³/mol. The van der Waals surface area contributed by atoms with Crippen LogP contribution in [0.1, 0.15) is 18.6 Å². The van der Waals surface area contributed by atoms with E-state index in [1.165, 1.54) is 0 Å². The van der Waals surface area contributed by atoms with E-state index < -0.39 is 3.79 Å². The lowest BCUT2D eigenvalue weighted by Crippen LogP contribution is -2.15. The van der Waals surface area contributed by atoms with Crippen molar-refractivity contribution in [3.05, 3.63) is 11.6 Å². The van der Waals surface area contributed by atoms with Gasteiger partial charge in [0.2, 0.25) is 9.74 Å². The molecule has 1 N–H and O–H groups in total. The third-order valence-corrected chi connectivity index (χ3v) is 2.28. The minimum Gasteiger partial charge on any atom is -0.354 e. The molecule has 0 saturated heterocycles. The molecule has 0 fully saturated rings. The summed E-state index contributed by atoms with van der Waals surface area (Å²) in [7, 11) is 0. The Bertz CT molecular complexity index is 328. The van der Waals surface area contributed by atoms with Crippen molar-refractivity contribution >= 4 is 52.4 Å². The van der Waals surface area contributed by atoms with Gasteiger partial charge in [0.05, 0.1) is 0 Å². The first-order valence-corrected chi connectivity index (χ1v) is 6.26. The van der Waals surface area contributed by atoms with Crippen LogP contribution in [-0.2, 0) is 10.2 Å². The highest BCUT2D eigenvalue weighted by Gasteiger charge is 2.28. The van der Waals surface area contributed by atoms with Crippen LogP contribution in [0.2, 0.25) is 0 Å². The predicted octanol–water partition coefficient (Wildman–Crippen LogP) is 2.91. The molecule has 4 nitrogen and oxygen atoms in total. The maximum atomic E-state index is 5.72. The number of nitrogens with zero attached hydrogens (tertiary/aromatic N) is 3. The van der Waals surface area contributed by atoms with Crippen LogP contribution < -0.4 is 5.32 Å². The van der Waals surface area contributed by atoms with Gasteiger partial charge in [-0.25, -0.2) is 4.98 Å². The van der Waals surface area contributed by atoms with Crippen molar-refractivity contribution in [1.82, 2.24) is 15.0 Å². The Kier molecular flexibility index (Phi) is 5.31. The fourth-order valence-electron chi connectivity index (χ4n) is 0.980. The van der Waals surface area contributed by atoms with Gasteiger partial charge >= 0.3 is 0 Å². The highest BCUT2D eigenvalue weighted by molar-refractivity contribution is 6.66. The largest absolute Gasteiger partial charge is 0.354 e. The number of rotatable bonds is 4. The van der Waals surface area contributed by atoms with E-state index in [-0.39, 0.29) is 5.82 Å². The monoisotopic (exact) mass is 302 g/mol. The number of aromatic nitrogens is 3. The van der Waals surface area contributed by atoms with Gasteiger partial charge in [0, 0.05) is 18.8 Å². The molecule has 8 heteroatoms. The number of hydrogen-bond donors (Lipinski definition) is 1. The highest BCUT2D eigenvalue weighted by Crippen LogP contribution is 2.36. The first kappa shape index (κ1) is 14.0. The molecule has 0 amide bonds. The zero-order chi connectivity index (χ0) is 12.2. The molecule has 0 aromatic carbocycles. The summed E-state index contributed by atoms with van der Waals surface area (Å²) in [6.45, 7) is 2.59. The van der Waals surface area contributed by atoms with Crippen molar-refractivity contribution in [1.29, 1.82) is 0 Å². The maximum absolute atomic E-state index is 5.72. The molecule has 90 valence electrons. The van der Waals surface area contributed by atoms with Crippen molar-refractivity contribution in [2.75, 3.05) is 17.7 Å². The van der Waals surface area contributed by atoms with Crippen molar-refractivity contribution < 1.29 is 0 Å². The Labute approximate surface area is 114 Å². The fourth-order valence-corrected chi connectivity index (χ4v) is 1.40. The van der Waals surface area contributed by atoms with Crippen LogP contribution in [0.25, 0.3) is 0 Å². The van der Waals surface area contributed by atoms with Crippen LogP contribution in [0.3, 0.4) is 0 Å². The van der Waals surface area contributed by atoms with Gasteiger partial charge in [-0.1, -0.05) is 34.8 Å². The Hall–Kier alpha value is -0.0300. The van der Waals surface area contributed by atoms with Crippen molar-refractivity contribution in [2.45, 2.75) is 17.1 Å². The summed E-state index contributed by atoms with van der Waals surface area (Å²) in [5, 5.41) is 2.94. The summed E-state index contributed by atoms with van der Waals surface area (Å²) in [4.78, 5) is 12.2. The molecule has 0 radical (unpaired) electrons. The Morgan fingerprint density at radius 1 is 1.19 bits per heavy atom. The van der Waals surface area contributed by atoms with E-state index in [1.54, 1.807) is 0 Å². The van der Waals surface area contributed by atoms with Gasteiger partial charge in [0.25, 0.3) is 0 Å². The van der Waals surface area contributed by atoms with E-state index in [2.05, 4.69) is 20.3 Å². The molecule has 0 aliphatic carbocycles. The zero-order valence-electron chi connectivity index (χ0n) is 8.47. The number of halogens is 4. The topological polar surface area (TPSA) is 50.7 Å². The van der Waals surface area contributed by atoms with Crippen molar-refractivity contribution in [3.8, 4) is 0 Å². The summed E-state index contributed by atoms with van der Waals surface area (Å²) in [5.41, 5.74) is 0. The average molecular weight is 304 g/mol. The van der Waals surface area contributed by atoms with E-state index in [0.29, 0.717) is 30.6 Å². The first-order valence-electron chi connectivity index (χ1n) is 4.59. The molecule has 0 bridgehead atoms. The molecule has 1 heterocycles. The summed E-state index contributed by atoms with van der Waals surface area (Å²) in [6, 6.07) is 0. The molecule has 0 aliphatic rings. The van der Waals surface area contributed by atoms with Crippen molar-refractivity contribution in [2.24, 2.45) is 0 Å². The lowest BCUT2D eigenvalue weighted by atomic mass is 10.4. The standard InChI is InChI=1S/C8H10Cl4N4/c1-2-13-7-15-5(3-4-9)14-6(16-7)8(10,11)12/h2-4H2,1H3,(H,13,14,15,16). The summed E-state index contributed by atoms with van der Waals surface area (Å²) >= 11 is 22.8. The average Bonchev–Trinajstić information content (AvgIpc) is 2.17. The lowest BCUT2D eigenvalue weighted by molar-refractivity contribution is 0.836. The minimum atomic E-state index is -1.66. The summed E-state index contributed by atoms with van der Waals surface area (Å²) in [5.74, 6) is 1.39. The zero-order valence-corrected chi connectivity index (χ0v) is 11.5. The number of aryl methyl sites for hydroxylation is 1. The minimum absolute atomic E-state index is 0.101. The Morgan fingerprint density at radius 2 is 1.88 bits per heavy atom. The smallest absolute Gasteiger partial charge is 0.250 e. The van der Waals surface area contributed by atoms with Crippen LogP contribution in [0.5, 0.6) is 0 Å². The second kappa shape index (κ2) is 6.05. The fraction of sp³-hybridized carbons (Fsp3) is 0.625. The molecule has 16 heavy (non-hydrogen) atoms. The van der Waals surface area contributed by atoms with Crippen LogP contribution in [0.4, 0.5) is 5.95 Å². The lowest BCUT2D eigenvalue weighted by Gasteiger charge is -2.12. The molecule has 1 rings (SSSR count). The van der Waals surface area contributed by atoms with E-state index in [1.807, 2.05) is 6.92 Å². The van der Waals surface area contributed by atoms with E-state index in [0.717, 1.165) is 0 Å². The number of nitrogens with one attached hydrogen (secondary N) is 1. The number of hydrogen-bond acceptors (Lipinski definition) is 4. The molecule has 1 aromatic rings. The molecule has 0 unspecified atom stereocenters. The van der Waals surface area contributed by atoms with E-state index >= 15 is 0 Å². The van der Waals surface area contributed by atoms with Crippen LogP contribution in [0.15, 0.2) is 0 Å².